The van der Waals surface area contributed by atoms with Gasteiger partial charge < -0.3 is 20.2 Å². The molecular formula is C27H35N5O2. The summed E-state index contributed by atoms with van der Waals surface area (Å²) in [5.41, 5.74) is 2.90. The third kappa shape index (κ3) is 4.71. The Morgan fingerprint density at radius 1 is 1.12 bits per heavy atom. The van der Waals surface area contributed by atoms with Crippen LogP contribution in [0.3, 0.4) is 0 Å². The van der Waals surface area contributed by atoms with E-state index in [-0.39, 0.29) is 22.7 Å². The number of phenolic OH excluding ortho intramolecular Hbond substituents is 1. The van der Waals surface area contributed by atoms with Crippen molar-refractivity contribution in [3.8, 4) is 17.0 Å². The van der Waals surface area contributed by atoms with E-state index in [0.29, 0.717) is 28.4 Å². The molecule has 0 radical (unpaired) electrons. The Bertz CT molecular complexity index is 1110. The van der Waals surface area contributed by atoms with Gasteiger partial charge in [-0.05, 0) is 74.9 Å². The fraction of sp³-hybridized carbons (Fsp3) is 0.444. The number of aromatic hydroxyl groups is 1. The first kappa shape index (κ1) is 24.0. The zero-order valence-electron chi connectivity index (χ0n) is 20.8. The predicted octanol–water partition coefficient (Wildman–Crippen LogP) is 4.01. The summed E-state index contributed by atoms with van der Waals surface area (Å²) in [5.74, 6) is 0.764. The summed E-state index contributed by atoms with van der Waals surface area (Å²) < 4.78 is 0. The molecule has 2 fully saturated rings. The van der Waals surface area contributed by atoms with Crippen LogP contribution in [0, 0.1) is 0 Å². The molecule has 3 atom stereocenters. The Balaban J connectivity index is 1.53. The Labute approximate surface area is 202 Å². The zero-order valence-corrected chi connectivity index (χ0v) is 20.8. The SMILES string of the molecule is C=C/C(=C\C(=O)N(C)C)c1ccc(-c2ccc(N(C)[C@H]3C[C@]4(C)CC[C@](C)(C3)N4)nn2)c(O)c1. The lowest BCUT2D eigenvalue weighted by atomic mass is 9.84. The average Bonchev–Trinajstić information content (AvgIpc) is 3.03. The number of allylic oxidation sites excluding steroid dienone is 2. The molecule has 1 aromatic carbocycles. The van der Waals surface area contributed by atoms with E-state index in [9.17, 15) is 9.90 Å². The molecule has 1 amide bonds. The number of benzene rings is 1. The molecule has 0 aliphatic carbocycles. The number of carbonyl (C=O) groups is 1. The number of aromatic nitrogens is 2. The van der Waals surface area contributed by atoms with E-state index in [1.54, 1.807) is 32.3 Å². The Morgan fingerprint density at radius 2 is 1.79 bits per heavy atom. The second-order valence-electron chi connectivity index (χ2n) is 10.5. The van der Waals surface area contributed by atoms with Crippen LogP contribution in [-0.4, -0.2) is 64.4 Å². The van der Waals surface area contributed by atoms with Gasteiger partial charge in [-0.2, -0.15) is 0 Å². The number of likely N-dealkylation sites (N-methyl/N-ethyl adjacent to an activating group) is 1. The lowest BCUT2D eigenvalue weighted by molar-refractivity contribution is -0.123. The van der Waals surface area contributed by atoms with Gasteiger partial charge in [-0.25, -0.2) is 0 Å². The van der Waals surface area contributed by atoms with Gasteiger partial charge in [0.25, 0.3) is 0 Å². The van der Waals surface area contributed by atoms with E-state index < -0.39 is 0 Å². The molecule has 4 rings (SSSR count). The second-order valence-corrected chi connectivity index (χ2v) is 10.5. The fourth-order valence-electron chi connectivity index (χ4n) is 5.39. The molecule has 2 aliphatic heterocycles. The molecule has 3 heterocycles. The Kier molecular flexibility index (Phi) is 6.25. The van der Waals surface area contributed by atoms with Crippen LogP contribution >= 0.6 is 0 Å². The standard InChI is InChI=1S/C27H35N5O2/c1-7-18(15-25(34)31(4)5)19-8-9-21(23(33)14-19)22-10-11-24(29-28-22)32(6)20-16-26(2)12-13-27(3,17-20)30-26/h7-11,14-15,20,30,33H,1,12-13,16-17H2,2-6H3/b18-15+/t20-,26-,27+. The number of hydrogen-bond donors (Lipinski definition) is 2. The van der Waals surface area contributed by atoms with Gasteiger partial charge in [0, 0.05) is 49.9 Å². The van der Waals surface area contributed by atoms with Crippen LogP contribution in [0.5, 0.6) is 5.75 Å². The maximum atomic E-state index is 12.0. The van der Waals surface area contributed by atoms with E-state index in [1.807, 2.05) is 18.2 Å². The van der Waals surface area contributed by atoms with E-state index in [4.69, 9.17) is 0 Å². The first-order chi connectivity index (χ1) is 16.0. The third-order valence-corrected chi connectivity index (χ3v) is 7.31. The van der Waals surface area contributed by atoms with Gasteiger partial charge >= 0.3 is 0 Å². The van der Waals surface area contributed by atoms with Gasteiger partial charge in [0.1, 0.15) is 5.75 Å². The minimum Gasteiger partial charge on any atom is -0.507 e. The van der Waals surface area contributed by atoms with Crippen molar-refractivity contribution in [2.24, 2.45) is 0 Å². The van der Waals surface area contributed by atoms with Crippen molar-refractivity contribution in [3.63, 3.8) is 0 Å². The molecule has 180 valence electrons. The summed E-state index contributed by atoms with van der Waals surface area (Å²) in [6.07, 6.45) is 7.69. The largest absolute Gasteiger partial charge is 0.507 e. The molecular weight excluding hydrogens is 426 g/mol. The molecule has 7 nitrogen and oxygen atoms in total. The van der Waals surface area contributed by atoms with Gasteiger partial charge in [-0.3, -0.25) is 4.79 Å². The van der Waals surface area contributed by atoms with E-state index >= 15 is 0 Å². The monoisotopic (exact) mass is 461 g/mol. The van der Waals surface area contributed by atoms with Crippen LogP contribution in [-0.2, 0) is 4.79 Å². The molecule has 0 saturated carbocycles. The smallest absolute Gasteiger partial charge is 0.246 e. The average molecular weight is 462 g/mol. The molecule has 2 saturated heterocycles. The second kappa shape index (κ2) is 8.87. The molecule has 0 spiro atoms. The summed E-state index contributed by atoms with van der Waals surface area (Å²) in [6, 6.07) is 9.53. The highest BCUT2D eigenvalue weighted by Crippen LogP contribution is 2.43. The Morgan fingerprint density at radius 3 is 2.32 bits per heavy atom. The number of hydrogen-bond acceptors (Lipinski definition) is 6. The van der Waals surface area contributed by atoms with E-state index in [2.05, 4.69) is 47.9 Å². The number of phenols is 1. The Hall–Kier alpha value is -3.19. The quantitative estimate of drug-likeness (QED) is 0.500. The van der Waals surface area contributed by atoms with Crippen LogP contribution in [0.15, 0.2) is 49.1 Å². The maximum absolute atomic E-state index is 12.0. The number of carbonyl (C=O) groups excluding carboxylic acids is 1. The molecule has 2 aliphatic rings. The van der Waals surface area contributed by atoms with Crippen molar-refractivity contribution < 1.29 is 9.90 Å². The number of amides is 1. The lowest BCUT2D eigenvalue weighted by Crippen LogP contribution is -2.58. The molecule has 2 N–H and O–H groups in total. The topological polar surface area (TPSA) is 81.6 Å². The van der Waals surface area contributed by atoms with Crippen molar-refractivity contribution in [2.45, 2.75) is 56.7 Å². The molecule has 1 aromatic heterocycles. The van der Waals surface area contributed by atoms with Crippen LogP contribution in [0.2, 0.25) is 0 Å². The van der Waals surface area contributed by atoms with E-state index in [1.165, 1.54) is 23.8 Å². The highest BCUT2D eigenvalue weighted by atomic mass is 16.3. The van der Waals surface area contributed by atoms with Gasteiger partial charge in [0.2, 0.25) is 5.91 Å². The zero-order chi connectivity index (χ0) is 24.7. The van der Waals surface area contributed by atoms with Crippen LogP contribution in [0.1, 0.15) is 45.1 Å². The normalized spacial score (nSPS) is 26.3. The number of fused-ring (bicyclic) bond motifs is 2. The predicted molar refractivity (Wildman–Crippen MR) is 137 cm³/mol. The van der Waals surface area contributed by atoms with Crippen molar-refractivity contribution in [1.82, 2.24) is 20.4 Å². The van der Waals surface area contributed by atoms with Crippen LogP contribution in [0.25, 0.3) is 16.8 Å². The van der Waals surface area contributed by atoms with Gasteiger partial charge in [-0.15, -0.1) is 10.2 Å². The number of rotatable bonds is 6. The minimum absolute atomic E-state index is 0.0775. The van der Waals surface area contributed by atoms with Crippen molar-refractivity contribution >= 4 is 17.3 Å². The van der Waals surface area contributed by atoms with Gasteiger partial charge in [0.05, 0.1) is 5.69 Å². The number of anilines is 1. The number of nitrogens with zero attached hydrogens (tertiary/aromatic N) is 4. The first-order valence-electron chi connectivity index (χ1n) is 11.8. The fourth-order valence-corrected chi connectivity index (χ4v) is 5.39. The highest BCUT2D eigenvalue weighted by molar-refractivity contribution is 5.97. The number of piperidine rings is 1. The third-order valence-electron chi connectivity index (χ3n) is 7.31. The molecule has 7 heteroatoms. The number of nitrogens with one attached hydrogen (secondary N) is 1. The minimum atomic E-state index is -0.145. The molecule has 34 heavy (non-hydrogen) atoms. The molecule has 2 bridgehead atoms. The van der Waals surface area contributed by atoms with Crippen molar-refractivity contribution in [1.29, 1.82) is 0 Å². The maximum Gasteiger partial charge on any atom is 0.246 e. The van der Waals surface area contributed by atoms with Gasteiger partial charge in [0.15, 0.2) is 5.82 Å². The first-order valence-corrected chi connectivity index (χ1v) is 11.8. The van der Waals surface area contributed by atoms with Crippen molar-refractivity contribution in [2.75, 3.05) is 26.0 Å². The summed E-state index contributed by atoms with van der Waals surface area (Å²) >= 11 is 0. The van der Waals surface area contributed by atoms with Crippen molar-refractivity contribution in [3.05, 3.63) is 54.6 Å². The summed E-state index contributed by atoms with van der Waals surface area (Å²) in [5, 5.41) is 23.4. The summed E-state index contributed by atoms with van der Waals surface area (Å²) in [7, 11) is 5.47. The van der Waals surface area contributed by atoms with E-state index in [0.717, 1.165) is 18.7 Å². The highest BCUT2D eigenvalue weighted by Gasteiger charge is 2.49. The molecule has 2 aromatic rings. The van der Waals surface area contributed by atoms with Crippen LogP contribution in [0.4, 0.5) is 5.82 Å². The van der Waals surface area contributed by atoms with Crippen LogP contribution < -0.4 is 10.2 Å². The lowest BCUT2D eigenvalue weighted by Gasteiger charge is -2.45. The van der Waals surface area contributed by atoms with Gasteiger partial charge in [-0.1, -0.05) is 18.7 Å². The summed E-state index contributed by atoms with van der Waals surface area (Å²) in [4.78, 5) is 15.8. The molecule has 0 unspecified atom stereocenters. The summed E-state index contributed by atoms with van der Waals surface area (Å²) in [6.45, 7) is 8.44.